The van der Waals surface area contributed by atoms with Crippen molar-refractivity contribution in [3.05, 3.63) is 0 Å². The molecule has 1 saturated heterocycles. The fourth-order valence-electron chi connectivity index (χ4n) is 1.59. The number of hydrogen-bond donors (Lipinski definition) is 0. The molecule has 0 N–H and O–H groups in total. The lowest BCUT2D eigenvalue weighted by Gasteiger charge is -2.33. The van der Waals surface area contributed by atoms with Crippen molar-refractivity contribution in [2.45, 2.75) is 38.3 Å². The lowest BCUT2D eigenvalue weighted by molar-refractivity contribution is -0.103. The van der Waals surface area contributed by atoms with Crippen LogP contribution in [0.1, 0.15) is 26.2 Å². The quantitative estimate of drug-likeness (QED) is 0.453. The second-order valence-electron chi connectivity index (χ2n) is 3.79. The van der Waals surface area contributed by atoms with Gasteiger partial charge >= 0.3 is 0 Å². The molecule has 0 radical (unpaired) electrons. The zero-order chi connectivity index (χ0) is 9.52. The molecule has 1 aliphatic rings. The zero-order valence-corrected chi connectivity index (χ0v) is 10.9. The highest BCUT2D eigenvalue weighted by Crippen LogP contribution is 2.23. The van der Waals surface area contributed by atoms with E-state index in [1.165, 1.54) is 35.5 Å². The third-order valence-electron chi connectivity index (χ3n) is 2.76. The molecule has 0 spiro atoms. The van der Waals surface area contributed by atoms with E-state index in [1.54, 1.807) is 0 Å². The van der Waals surface area contributed by atoms with E-state index < -0.39 is 0 Å². The van der Waals surface area contributed by atoms with Crippen molar-refractivity contribution < 1.29 is 9.47 Å². The first kappa shape index (κ1) is 11.2. The summed E-state index contributed by atoms with van der Waals surface area (Å²) < 4.78 is 11.1. The molecule has 0 aromatic heterocycles. The Hall–Kier alpha value is 0.137. The van der Waals surface area contributed by atoms with Crippen LogP contribution in [0.5, 0.6) is 0 Å². The van der Waals surface area contributed by atoms with Crippen LogP contribution < -0.4 is 0 Å². The fourth-order valence-corrected chi connectivity index (χ4v) is 1.88. The van der Waals surface area contributed by atoms with Crippen LogP contribution in [0.3, 0.4) is 0 Å². The normalized spacial score (nSPS) is 24.2. The maximum atomic E-state index is 5.63. The van der Waals surface area contributed by atoms with Gasteiger partial charge in [0, 0.05) is 29.4 Å². The molecule has 3 heteroatoms. The molecule has 0 amide bonds. The van der Waals surface area contributed by atoms with E-state index in [0.29, 0.717) is 12.0 Å². The molecule has 78 valence electrons. The Morgan fingerprint density at radius 1 is 1.62 bits per heavy atom. The minimum absolute atomic E-state index is 0.501. The molecule has 2 atom stereocenters. The van der Waals surface area contributed by atoms with Crippen molar-refractivity contribution in [2.75, 3.05) is 19.8 Å². The Morgan fingerprint density at radius 2 is 2.38 bits per heavy atom. The molecule has 0 aromatic carbocycles. The summed E-state index contributed by atoms with van der Waals surface area (Å²) >= 11 is 0. The van der Waals surface area contributed by atoms with E-state index in [1.807, 2.05) is 0 Å². The molecule has 1 aliphatic heterocycles. The third-order valence-corrected chi connectivity index (χ3v) is 3.47. The van der Waals surface area contributed by atoms with Crippen LogP contribution >= 0.6 is 0 Å². The maximum Gasteiger partial charge on any atom is 0.0647 e. The summed E-state index contributed by atoms with van der Waals surface area (Å²) in [5.74, 6) is 0.642. The van der Waals surface area contributed by atoms with Gasteiger partial charge in [-0.15, -0.1) is 0 Å². The number of rotatable bonds is 7. The number of ether oxygens (including phenoxy) is 2. The molecular weight excluding hydrogens is 180 g/mol. The molecule has 0 bridgehead atoms. The predicted molar refractivity (Wildman–Crippen MR) is 58.3 cm³/mol. The van der Waals surface area contributed by atoms with E-state index in [-0.39, 0.29) is 0 Å². The van der Waals surface area contributed by atoms with E-state index in [2.05, 4.69) is 6.92 Å². The molecule has 0 aromatic rings. The van der Waals surface area contributed by atoms with Crippen molar-refractivity contribution in [3.63, 3.8) is 0 Å². The second kappa shape index (κ2) is 6.57. The van der Waals surface area contributed by atoms with Gasteiger partial charge in [-0.25, -0.2) is 0 Å². The fraction of sp³-hybridized carbons (Fsp3) is 1.00. The standard InChI is InChI=1S/C10H22O2Si/c1-2-9(10-4-6-12-10)8-11-5-3-7-13/h9-10H,2-8H2,1,13H3. The summed E-state index contributed by atoms with van der Waals surface area (Å²) in [4.78, 5) is 0. The Kier molecular flexibility index (Phi) is 5.67. The predicted octanol–water partition coefficient (Wildman–Crippen LogP) is 0.992. The minimum atomic E-state index is 0.501. The van der Waals surface area contributed by atoms with Crippen LogP contribution in [-0.2, 0) is 9.47 Å². The van der Waals surface area contributed by atoms with Crippen LogP contribution in [0, 0.1) is 5.92 Å². The summed E-state index contributed by atoms with van der Waals surface area (Å²) in [7, 11) is 1.31. The first-order chi connectivity index (χ1) is 6.38. The third kappa shape index (κ3) is 3.79. The van der Waals surface area contributed by atoms with Gasteiger partial charge < -0.3 is 9.47 Å². The van der Waals surface area contributed by atoms with Gasteiger partial charge in [0.2, 0.25) is 0 Å². The lowest BCUT2D eigenvalue weighted by atomic mass is 9.95. The highest BCUT2D eigenvalue weighted by molar-refractivity contribution is 6.08. The van der Waals surface area contributed by atoms with Crippen LogP contribution in [0.25, 0.3) is 0 Å². The Balaban J connectivity index is 2.02. The average molecular weight is 202 g/mol. The van der Waals surface area contributed by atoms with Gasteiger partial charge in [0.25, 0.3) is 0 Å². The van der Waals surface area contributed by atoms with Gasteiger partial charge in [0.05, 0.1) is 12.7 Å². The molecule has 13 heavy (non-hydrogen) atoms. The second-order valence-corrected chi connectivity index (χ2v) is 4.79. The van der Waals surface area contributed by atoms with E-state index in [9.17, 15) is 0 Å². The molecule has 1 fully saturated rings. The van der Waals surface area contributed by atoms with Crippen molar-refractivity contribution in [3.8, 4) is 0 Å². The van der Waals surface area contributed by atoms with Gasteiger partial charge in [0.15, 0.2) is 0 Å². The van der Waals surface area contributed by atoms with Crippen LogP contribution in [0.4, 0.5) is 0 Å². The summed E-state index contributed by atoms with van der Waals surface area (Å²) in [5, 5.41) is 0. The van der Waals surface area contributed by atoms with Crippen molar-refractivity contribution in [1.29, 1.82) is 0 Å². The summed E-state index contributed by atoms with van der Waals surface area (Å²) in [5.41, 5.74) is 0. The maximum absolute atomic E-state index is 5.63. The van der Waals surface area contributed by atoms with Crippen molar-refractivity contribution >= 4 is 10.2 Å². The summed E-state index contributed by atoms with van der Waals surface area (Å²) in [6.07, 6.45) is 4.17. The Morgan fingerprint density at radius 3 is 2.85 bits per heavy atom. The smallest absolute Gasteiger partial charge is 0.0647 e. The van der Waals surface area contributed by atoms with E-state index >= 15 is 0 Å². The average Bonchev–Trinajstić information content (AvgIpc) is 2.07. The van der Waals surface area contributed by atoms with Crippen molar-refractivity contribution in [2.24, 2.45) is 5.92 Å². The van der Waals surface area contributed by atoms with E-state index in [4.69, 9.17) is 9.47 Å². The first-order valence-electron chi connectivity index (χ1n) is 5.57. The highest BCUT2D eigenvalue weighted by Gasteiger charge is 2.26. The van der Waals surface area contributed by atoms with Crippen molar-refractivity contribution in [1.82, 2.24) is 0 Å². The topological polar surface area (TPSA) is 18.5 Å². The summed E-state index contributed by atoms with van der Waals surface area (Å²) in [6.45, 7) is 5.04. The zero-order valence-electron chi connectivity index (χ0n) is 8.92. The largest absolute Gasteiger partial charge is 0.381 e. The number of hydrogen-bond acceptors (Lipinski definition) is 2. The molecule has 2 nitrogen and oxygen atoms in total. The van der Waals surface area contributed by atoms with E-state index in [0.717, 1.165) is 19.8 Å². The Bertz CT molecular complexity index is 126. The van der Waals surface area contributed by atoms with Crippen LogP contribution in [0.2, 0.25) is 6.04 Å². The molecule has 0 saturated carbocycles. The van der Waals surface area contributed by atoms with Crippen LogP contribution in [0.15, 0.2) is 0 Å². The molecule has 2 unspecified atom stereocenters. The lowest BCUT2D eigenvalue weighted by Crippen LogP contribution is -2.36. The SMILES string of the molecule is CCC(COCCC[SiH3])C1CCO1. The molecule has 0 aliphatic carbocycles. The van der Waals surface area contributed by atoms with Gasteiger partial charge in [-0.2, -0.15) is 0 Å². The molecular formula is C10H22O2Si. The minimum Gasteiger partial charge on any atom is -0.381 e. The van der Waals surface area contributed by atoms with Gasteiger partial charge in [0.1, 0.15) is 0 Å². The highest BCUT2D eigenvalue weighted by atomic mass is 28.1. The van der Waals surface area contributed by atoms with Gasteiger partial charge in [-0.1, -0.05) is 13.0 Å². The first-order valence-corrected chi connectivity index (χ1v) is 6.99. The van der Waals surface area contributed by atoms with Gasteiger partial charge in [-0.3, -0.25) is 0 Å². The van der Waals surface area contributed by atoms with Crippen LogP contribution in [-0.4, -0.2) is 36.2 Å². The summed E-state index contributed by atoms with van der Waals surface area (Å²) in [6, 6.07) is 1.36. The van der Waals surface area contributed by atoms with Gasteiger partial charge in [-0.05, 0) is 19.3 Å². The Labute approximate surface area is 84.4 Å². The molecule has 1 heterocycles. The molecule has 1 rings (SSSR count). The monoisotopic (exact) mass is 202 g/mol.